The van der Waals surface area contributed by atoms with Crippen LogP contribution in [0, 0.1) is 5.41 Å². The molecule has 9 heteroatoms. The highest BCUT2D eigenvalue weighted by Gasteiger charge is 2.45. The predicted molar refractivity (Wildman–Crippen MR) is 152 cm³/mol. The van der Waals surface area contributed by atoms with Crippen LogP contribution >= 0.6 is 0 Å². The number of piperidine rings is 1. The number of nitrogens with one attached hydrogen (secondary N) is 2. The summed E-state index contributed by atoms with van der Waals surface area (Å²) in [4.78, 5) is 23.4. The van der Waals surface area contributed by atoms with Gasteiger partial charge in [0.25, 0.3) is 5.91 Å². The van der Waals surface area contributed by atoms with E-state index in [4.69, 9.17) is 4.98 Å². The molecule has 1 spiro atoms. The molecule has 5 rings (SSSR count). The van der Waals surface area contributed by atoms with Crippen molar-refractivity contribution in [3.05, 3.63) is 42.0 Å². The predicted octanol–water partition coefficient (Wildman–Crippen LogP) is 5.17. The van der Waals surface area contributed by atoms with Gasteiger partial charge >= 0.3 is 0 Å². The molecule has 2 saturated heterocycles. The monoisotopic (exact) mass is 539 g/mol. The van der Waals surface area contributed by atoms with E-state index in [1.54, 1.807) is 32.9 Å². The molecule has 1 aliphatic carbocycles. The molecule has 2 N–H and O–H groups in total. The van der Waals surface area contributed by atoms with E-state index in [1.807, 2.05) is 12.1 Å². The molecule has 1 aromatic heterocycles. The van der Waals surface area contributed by atoms with Crippen LogP contribution in [-0.2, 0) is 10.0 Å². The van der Waals surface area contributed by atoms with Crippen LogP contribution in [0.25, 0.3) is 0 Å². The lowest BCUT2D eigenvalue weighted by molar-refractivity contribution is 0.102. The van der Waals surface area contributed by atoms with Gasteiger partial charge in [-0.25, -0.2) is 18.1 Å². The van der Waals surface area contributed by atoms with Gasteiger partial charge in [0.1, 0.15) is 11.6 Å². The van der Waals surface area contributed by atoms with Crippen molar-refractivity contribution >= 4 is 33.3 Å². The van der Waals surface area contributed by atoms with Crippen LogP contribution in [0.3, 0.4) is 0 Å². The van der Waals surface area contributed by atoms with Gasteiger partial charge in [0.2, 0.25) is 10.0 Å². The maximum absolute atomic E-state index is 13.6. The van der Waals surface area contributed by atoms with Crippen molar-refractivity contribution in [2.75, 3.05) is 34.8 Å². The number of rotatable bonds is 6. The Morgan fingerprint density at radius 1 is 0.974 bits per heavy atom. The molecule has 1 amide bonds. The van der Waals surface area contributed by atoms with Gasteiger partial charge in [-0.1, -0.05) is 6.07 Å². The number of sulfonamides is 1. The number of hydrogen-bond acceptors (Lipinski definition) is 6. The second kappa shape index (κ2) is 9.52. The van der Waals surface area contributed by atoms with E-state index >= 15 is 0 Å². The molecular formula is C29H41N5O3S. The summed E-state index contributed by atoms with van der Waals surface area (Å²) in [5.41, 5.74) is 0.871. The van der Waals surface area contributed by atoms with Crippen molar-refractivity contribution in [1.29, 1.82) is 0 Å². The van der Waals surface area contributed by atoms with Crippen molar-refractivity contribution in [3.8, 4) is 0 Å². The number of aromatic nitrogens is 1. The Bertz CT molecular complexity index is 1320. The molecule has 3 heterocycles. The van der Waals surface area contributed by atoms with Crippen LogP contribution in [-0.4, -0.2) is 50.0 Å². The number of nitrogens with zero attached hydrogens (tertiary/aromatic N) is 3. The Hall–Kier alpha value is -2.65. The minimum atomic E-state index is -3.72. The van der Waals surface area contributed by atoms with Crippen LogP contribution in [0.4, 0.5) is 17.3 Å². The Balaban J connectivity index is 1.43. The first-order valence-corrected chi connectivity index (χ1v) is 15.2. The van der Waals surface area contributed by atoms with Gasteiger partial charge in [0.15, 0.2) is 0 Å². The van der Waals surface area contributed by atoms with Crippen LogP contribution in [0.15, 0.2) is 41.3 Å². The molecule has 38 heavy (non-hydrogen) atoms. The number of pyridine rings is 1. The van der Waals surface area contributed by atoms with Gasteiger partial charge < -0.3 is 15.1 Å². The maximum Gasteiger partial charge on any atom is 0.259 e. The van der Waals surface area contributed by atoms with Crippen molar-refractivity contribution in [2.45, 2.75) is 89.1 Å². The van der Waals surface area contributed by atoms with E-state index < -0.39 is 15.6 Å². The zero-order valence-corrected chi connectivity index (χ0v) is 24.1. The SMILES string of the molecule is CC(C)(C)NS(=O)(=O)c1cccc(NC(=O)c2ccc(N3CCCC3(C)C)nc2N2CCC3(CC2)CC3)c1. The van der Waals surface area contributed by atoms with Crippen LogP contribution in [0.2, 0.25) is 0 Å². The van der Waals surface area contributed by atoms with E-state index in [-0.39, 0.29) is 16.3 Å². The number of anilines is 3. The maximum atomic E-state index is 13.6. The van der Waals surface area contributed by atoms with Gasteiger partial charge in [-0.3, -0.25) is 4.79 Å². The summed E-state index contributed by atoms with van der Waals surface area (Å²) in [7, 11) is -3.72. The van der Waals surface area contributed by atoms with E-state index in [2.05, 4.69) is 33.7 Å². The van der Waals surface area contributed by atoms with E-state index in [0.29, 0.717) is 16.7 Å². The summed E-state index contributed by atoms with van der Waals surface area (Å²) in [6.07, 6.45) is 7.13. The largest absolute Gasteiger partial charge is 0.356 e. The third-order valence-electron chi connectivity index (χ3n) is 8.21. The molecule has 1 aromatic carbocycles. The van der Waals surface area contributed by atoms with Crippen molar-refractivity contribution in [2.24, 2.45) is 5.41 Å². The minimum Gasteiger partial charge on any atom is -0.356 e. The average Bonchev–Trinajstić information content (AvgIpc) is 3.49. The molecular weight excluding hydrogens is 498 g/mol. The average molecular weight is 540 g/mol. The highest BCUT2D eigenvalue weighted by Crippen LogP contribution is 2.54. The number of carbonyl (C=O) groups is 1. The van der Waals surface area contributed by atoms with Gasteiger partial charge in [0.05, 0.1) is 10.5 Å². The Morgan fingerprint density at radius 2 is 1.68 bits per heavy atom. The Morgan fingerprint density at radius 3 is 2.29 bits per heavy atom. The first-order chi connectivity index (χ1) is 17.8. The van der Waals surface area contributed by atoms with Gasteiger partial charge in [-0.15, -0.1) is 0 Å². The fourth-order valence-electron chi connectivity index (χ4n) is 5.81. The highest BCUT2D eigenvalue weighted by atomic mass is 32.2. The normalized spacial score (nSPS) is 20.6. The van der Waals surface area contributed by atoms with Crippen LogP contribution < -0.4 is 19.8 Å². The second-order valence-electron chi connectivity index (χ2n) is 12.9. The summed E-state index contributed by atoms with van der Waals surface area (Å²) < 4.78 is 28.4. The van der Waals surface area contributed by atoms with E-state index in [1.165, 1.54) is 25.0 Å². The molecule has 0 unspecified atom stereocenters. The fourth-order valence-corrected chi connectivity index (χ4v) is 7.27. The fraction of sp³-hybridized carbons (Fsp3) is 0.586. The summed E-state index contributed by atoms with van der Waals surface area (Å²) in [5, 5.41) is 2.94. The summed E-state index contributed by atoms with van der Waals surface area (Å²) >= 11 is 0. The standard InChI is InChI=1S/C29H41N5O3S/c1-27(2,3)32-38(36,37)22-9-6-8-21(20-22)30-26(35)23-10-11-24(34-17-7-12-28(34,4)5)31-25(23)33-18-15-29(13-14-29)16-19-33/h6,8-11,20,32H,7,12-19H2,1-5H3,(H,30,35). The molecule has 0 bridgehead atoms. The Kier molecular flexibility index (Phi) is 6.75. The first-order valence-electron chi connectivity index (χ1n) is 13.8. The second-order valence-corrected chi connectivity index (χ2v) is 14.6. The van der Waals surface area contributed by atoms with Crippen molar-refractivity contribution in [1.82, 2.24) is 9.71 Å². The molecule has 1 saturated carbocycles. The molecule has 2 aliphatic heterocycles. The number of carbonyl (C=O) groups excluding carboxylic acids is 1. The molecule has 2 aromatic rings. The smallest absolute Gasteiger partial charge is 0.259 e. The minimum absolute atomic E-state index is 0.0288. The van der Waals surface area contributed by atoms with Crippen LogP contribution in [0.5, 0.6) is 0 Å². The van der Waals surface area contributed by atoms with Gasteiger partial charge in [-0.2, -0.15) is 0 Å². The lowest BCUT2D eigenvalue weighted by atomic mass is 9.93. The number of benzene rings is 1. The number of hydrogen-bond donors (Lipinski definition) is 2. The van der Waals surface area contributed by atoms with Crippen molar-refractivity contribution in [3.63, 3.8) is 0 Å². The third kappa shape index (κ3) is 5.69. The van der Waals surface area contributed by atoms with E-state index in [0.717, 1.165) is 57.0 Å². The quantitative estimate of drug-likeness (QED) is 0.526. The zero-order valence-electron chi connectivity index (χ0n) is 23.3. The molecule has 3 aliphatic rings. The molecule has 0 radical (unpaired) electrons. The topological polar surface area (TPSA) is 94.6 Å². The Labute approximate surface area is 227 Å². The molecule has 206 valence electrons. The zero-order chi connectivity index (χ0) is 27.3. The van der Waals surface area contributed by atoms with E-state index in [9.17, 15) is 13.2 Å². The highest BCUT2D eigenvalue weighted by molar-refractivity contribution is 7.89. The van der Waals surface area contributed by atoms with Gasteiger partial charge in [-0.05, 0) is 109 Å². The lowest BCUT2D eigenvalue weighted by Gasteiger charge is -2.36. The molecule has 3 fully saturated rings. The molecule has 0 atom stereocenters. The summed E-state index contributed by atoms with van der Waals surface area (Å²) in [6, 6.07) is 10.2. The lowest BCUT2D eigenvalue weighted by Crippen LogP contribution is -2.40. The van der Waals surface area contributed by atoms with Crippen LogP contribution in [0.1, 0.15) is 83.5 Å². The molecule has 8 nitrogen and oxygen atoms in total. The number of amides is 1. The first kappa shape index (κ1) is 26.9. The summed E-state index contributed by atoms with van der Waals surface area (Å²) in [6.45, 7) is 12.6. The van der Waals surface area contributed by atoms with Gasteiger partial charge in [0, 0.05) is 36.4 Å². The van der Waals surface area contributed by atoms with Crippen molar-refractivity contribution < 1.29 is 13.2 Å². The summed E-state index contributed by atoms with van der Waals surface area (Å²) in [5.74, 6) is 1.34. The third-order valence-corrected chi connectivity index (χ3v) is 9.96.